The van der Waals surface area contributed by atoms with E-state index in [9.17, 15) is 0 Å². The fraction of sp³-hybridized carbons (Fsp3) is 1.00. The van der Waals surface area contributed by atoms with Crippen LogP contribution in [0.3, 0.4) is 0 Å². The van der Waals surface area contributed by atoms with E-state index in [2.05, 4.69) is 29.1 Å². The van der Waals surface area contributed by atoms with Crippen LogP contribution in [0.25, 0.3) is 0 Å². The molecular formula is C15H31N3. The topological polar surface area (TPSA) is 18.5 Å². The lowest BCUT2D eigenvalue weighted by Crippen LogP contribution is -2.41. The Bertz CT molecular complexity index is 216. The molecule has 0 aromatic rings. The Labute approximate surface area is 113 Å². The van der Waals surface area contributed by atoms with Crippen LogP contribution in [0.4, 0.5) is 0 Å². The van der Waals surface area contributed by atoms with Crippen LogP contribution in [-0.2, 0) is 0 Å². The third kappa shape index (κ3) is 4.52. The quantitative estimate of drug-likeness (QED) is 0.824. The molecule has 1 N–H and O–H groups in total. The van der Waals surface area contributed by atoms with Crippen LogP contribution < -0.4 is 5.32 Å². The number of nitrogens with one attached hydrogen (secondary N) is 1. The molecule has 0 bridgehead atoms. The van der Waals surface area contributed by atoms with Crippen molar-refractivity contribution in [3.05, 3.63) is 0 Å². The highest BCUT2D eigenvalue weighted by molar-refractivity contribution is 4.77. The Morgan fingerprint density at radius 1 is 1.11 bits per heavy atom. The van der Waals surface area contributed by atoms with E-state index in [4.69, 9.17) is 0 Å². The highest BCUT2D eigenvalue weighted by Crippen LogP contribution is 2.26. The van der Waals surface area contributed by atoms with Crippen LogP contribution >= 0.6 is 0 Å². The number of likely N-dealkylation sites (N-methyl/N-ethyl adjacent to an activating group) is 1. The van der Waals surface area contributed by atoms with Crippen molar-refractivity contribution in [2.75, 3.05) is 46.3 Å². The highest BCUT2D eigenvalue weighted by Gasteiger charge is 2.21. The van der Waals surface area contributed by atoms with Gasteiger partial charge in [0.1, 0.15) is 0 Å². The van der Waals surface area contributed by atoms with Gasteiger partial charge in [0.2, 0.25) is 0 Å². The normalized spacial score (nSPS) is 31.5. The lowest BCUT2D eigenvalue weighted by molar-refractivity contribution is 0.149. The van der Waals surface area contributed by atoms with Crippen LogP contribution in [0.15, 0.2) is 0 Å². The molecule has 0 aromatic heterocycles. The second-order valence-corrected chi connectivity index (χ2v) is 6.34. The summed E-state index contributed by atoms with van der Waals surface area (Å²) in [4.78, 5) is 5.24. The molecule has 18 heavy (non-hydrogen) atoms. The molecule has 1 aliphatic heterocycles. The minimum atomic E-state index is 0.853. The molecule has 0 aromatic carbocycles. The first-order valence-electron chi connectivity index (χ1n) is 7.89. The van der Waals surface area contributed by atoms with Gasteiger partial charge in [0, 0.05) is 32.2 Å². The molecule has 0 unspecified atom stereocenters. The zero-order valence-electron chi connectivity index (χ0n) is 12.3. The minimum absolute atomic E-state index is 0.853. The molecule has 0 amide bonds. The van der Waals surface area contributed by atoms with Crippen molar-refractivity contribution in [2.24, 2.45) is 5.92 Å². The van der Waals surface area contributed by atoms with Crippen molar-refractivity contribution >= 4 is 0 Å². The van der Waals surface area contributed by atoms with Gasteiger partial charge in [-0.1, -0.05) is 6.92 Å². The molecule has 1 aliphatic carbocycles. The first-order chi connectivity index (χ1) is 8.75. The molecule has 2 rings (SSSR count). The van der Waals surface area contributed by atoms with Gasteiger partial charge in [0.25, 0.3) is 0 Å². The van der Waals surface area contributed by atoms with Gasteiger partial charge in [-0.3, -0.25) is 0 Å². The lowest BCUT2D eigenvalue weighted by atomic mass is 9.87. The number of hydrogen-bond acceptors (Lipinski definition) is 3. The van der Waals surface area contributed by atoms with Crippen LogP contribution in [0.1, 0.15) is 39.0 Å². The van der Waals surface area contributed by atoms with E-state index in [1.165, 1.54) is 71.4 Å². The van der Waals surface area contributed by atoms with E-state index in [0.717, 1.165) is 12.0 Å². The molecule has 1 saturated heterocycles. The first kappa shape index (κ1) is 14.3. The summed E-state index contributed by atoms with van der Waals surface area (Å²) in [6.07, 6.45) is 7.01. The Morgan fingerprint density at radius 2 is 1.89 bits per heavy atom. The molecule has 2 aliphatic rings. The standard InChI is InChI=1S/C15H31N3/c1-14-4-6-15(7-5-14)17(2)12-13-18-10-3-8-16-9-11-18/h14-16H,3-13H2,1-2H3. The largest absolute Gasteiger partial charge is 0.315 e. The van der Waals surface area contributed by atoms with Crippen LogP contribution in [-0.4, -0.2) is 62.2 Å². The predicted octanol–water partition coefficient (Wildman–Crippen LogP) is 1.79. The molecule has 3 nitrogen and oxygen atoms in total. The third-order valence-electron chi connectivity index (χ3n) is 4.81. The SMILES string of the molecule is CC1CCC(N(C)CCN2CCCNCC2)CC1. The number of nitrogens with zero attached hydrogens (tertiary/aromatic N) is 2. The second-order valence-electron chi connectivity index (χ2n) is 6.34. The summed E-state index contributed by atoms with van der Waals surface area (Å²) in [5.41, 5.74) is 0. The van der Waals surface area contributed by atoms with Crippen molar-refractivity contribution in [2.45, 2.75) is 45.1 Å². The van der Waals surface area contributed by atoms with E-state index < -0.39 is 0 Å². The van der Waals surface area contributed by atoms with Gasteiger partial charge in [-0.2, -0.15) is 0 Å². The molecule has 0 radical (unpaired) electrons. The van der Waals surface area contributed by atoms with Gasteiger partial charge in [-0.25, -0.2) is 0 Å². The van der Waals surface area contributed by atoms with Gasteiger partial charge < -0.3 is 15.1 Å². The molecule has 0 atom stereocenters. The predicted molar refractivity (Wildman–Crippen MR) is 78.0 cm³/mol. The average Bonchev–Trinajstić information content (AvgIpc) is 2.65. The fourth-order valence-electron chi connectivity index (χ4n) is 3.29. The van der Waals surface area contributed by atoms with Crippen molar-refractivity contribution < 1.29 is 0 Å². The summed E-state index contributed by atoms with van der Waals surface area (Å²) in [6, 6.07) is 0.853. The third-order valence-corrected chi connectivity index (χ3v) is 4.81. The maximum atomic E-state index is 3.48. The summed E-state index contributed by atoms with van der Waals surface area (Å²) in [5.74, 6) is 0.964. The zero-order chi connectivity index (χ0) is 12.8. The van der Waals surface area contributed by atoms with Gasteiger partial charge in [0.15, 0.2) is 0 Å². The van der Waals surface area contributed by atoms with Crippen molar-refractivity contribution in [1.82, 2.24) is 15.1 Å². The van der Waals surface area contributed by atoms with E-state index in [-0.39, 0.29) is 0 Å². The summed E-state index contributed by atoms with van der Waals surface area (Å²) in [5, 5.41) is 3.48. The molecule has 2 fully saturated rings. The van der Waals surface area contributed by atoms with Crippen molar-refractivity contribution in [1.29, 1.82) is 0 Å². The summed E-state index contributed by atoms with van der Waals surface area (Å²) < 4.78 is 0. The first-order valence-corrected chi connectivity index (χ1v) is 7.89. The maximum absolute atomic E-state index is 3.48. The lowest BCUT2D eigenvalue weighted by Gasteiger charge is -2.34. The van der Waals surface area contributed by atoms with Crippen molar-refractivity contribution in [3.8, 4) is 0 Å². The minimum Gasteiger partial charge on any atom is -0.315 e. The Hall–Kier alpha value is -0.120. The van der Waals surface area contributed by atoms with Gasteiger partial charge in [0.05, 0.1) is 0 Å². The molecule has 1 heterocycles. The summed E-state index contributed by atoms with van der Waals surface area (Å²) in [6.45, 7) is 9.79. The van der Waals surface area contributed by atoms with Gasteiger partial charge >= 0.3 is 0 Å². The Morgan fingerprint density at radius 3 is 2.67 bits per heavy atom. The van der Waals surface area contributed by atoms with E-state index in [0.29, 0.717) is 0 Å². The molecule has 0 spiro atoms. The number of hydrogen-bond donors (Lipinski definition) is 1. The average molecular weight is 253 g/mol. The Balaban J connectivity index is 1.65. The second kappa shape index (κ2) is 7.46. The van der Waals surface area contributed by atoms with Crippen LogP contribution in [0.5, 0.6) is 0 Å². The summed E-state index contributed by atoms with van der Waals surface area (Å²) >= 11 is 0. The fourth-order valence-corrected chi connectivity index (χ4v) is 3.29. The van der Waals surface area contributed by atoms with Gasteiger partial charge in [-0.15, -0.1) is 0 Å². The molecule has 1 saturated carbocycles. The van der Waals surface area contributed by atoms with E-state index in [1.54, 1.807) is 0 Å². The molecular weight excluding hydrogens is 222 g/mol. The van der Waals surface area contributed by atoms with E-state index >= 15 is 0 Å². The maximum Gasteiger partial charge on any atom is 0.0110 e. The van der Waals surface area contributed by atoms with Gasteiger partial charge in [-0.05, 0) is 58.2 Å². The van der Waals surface area contributed by atoms with E-state index in [1.807, 2.05) is 0 Å². The Kier molecular flexibility index (Phi) is 5.93. The summed E-state index contributed by atoms with van der Waals surface area (Å²) in [7, 11) is 2.33. The highest BCUT2D eigenvalue weighted by atomic mass is 15.2. The number of rotatable bonds is 4. The monoisotopic (exact) mass is 253 g/mol. The zero-order valence-corrected chi connectivity index (χ0v) is 12.3. The van der Waals surface area contributed by atoms with Crippen molar-refractivity contribution in [3.63, 3.8) is 0 Å². The van der Waals surface area contributed by atoms with Crippen LogP contribution in [0, 0.1) is 5.92 Å². The molecule has 3 heteroatoms. The van der Waals surface area contributed by atoms with Crippen LogP contribution in [0.2, 0.25) is 0 Å². The smallest absolute Gasteiger partial charge is 0.0110 e. The molecule has 106 valence electrons.